The highest BCUT2D eigenvalue weighted by Crippen LogP contribution is 2.42. The molecular formula is C18H38N2O. The number of hydrogen-bond donors (Lipinski definition) is 1. The molecule has 21 heavy (non-hydrogen) atoms. The van der Waals surface area contributed by atoms with Crippen LogP contribution >= 0.6 is 0 Å². The lowest BCUT2D eigenvalue weighted by atomic mass is 9.81. The van der Waals surface area contributed by atoms with Gasteiger partial charge in [-0.15, -0.1) is 0 Å². The molecule has 0 amide bonds. The number of ether oxygens (including phenoxy) is 1. The van der Waals surface area contributed by atoms with Crippen LogP contribution in [0.25, 0.3) is 0 Å². The van der Waals surface area contributed by atoms with Gasteiger partial charge >= 0.3 is 0 Å². The Morgan fingerprint density at radius 1 is 1.10 bits per heavy atom. The largest absolute Gasteiger partial charge is 0.368 e. The summed E-state index contributed by atoms with van der Waals surface area (Å²) in [4.78, 5) is 2.52. The third kappa shape index (κ3) is 4.67. The van der Waals surface area contributed by atoms with E-state index in [4.69, 9.17) is 4.74 Å². The molecule has 1 rings (SSSR count). The van der Waals surface area contributed by atoms with Crippen molar-refractivity contribution >= 4 is 0 Å². The third-order valence-corrected chi connectivity index (χ3v) is 5.13. The predicted molar refractivity (Wildman–Crippen MR) is 91.8 cm³/mol. The summed E-state index contributed by atoms with van der Waals surface area (Å²) in [5, 5.41) is 3.75. The Bertz CT molecular complexity index is 314. The lowest BCUT2D eigenvalue weighted by Gasteiger charge is -2.35. The van der Waals surface area contributed by atoms with Crippen LogP contribution in [0.2, 0.25) is 0 Å². The third-order valence-electron chi connectivity index (χ3n) is 5.13. The molecule has 0 aliphatic carbocycles. The van der Waals surface area contributed by atoms with Gasteiger partial charge in [0, 0.05) is 24.5 Å². The van der Waals surface area contributed by atoms with E-state index in [1.165, 1.54) is 19.3 Å². The van der Waals surface area contributed by atoms with Gasteiger partial charge < -0.3 is 15.0 Å². The maximum atomic E-state index is 6.41. The first-order valence-electron chi connectivity index (χ1n) is 8.79. The summed E-state index contributed by atoms with van der Waals surface area (Å²) < 4.78 is 6.41. The Hall–Kier alpha value is -0.120. The summed E-state index contributed by atoms with van der Waals surface area (Å²) in [6, 6.07) is 1.06. The molecule has 1 saturated heterocycles. The highest BCUT2D eigenvalue weighted by Gasteiger charge is 2.53. The fourth-order valence-electron chi connectivity index (χ4n) is 3.84. The predicted octanol–water partition coefficient (Wildman–Crippen LogP) is 3.68. The molecule has 0 bridgehead atoms. The van der Waals surface area contributed by atoms with E-state index in [2.05, 4.69) is 65.7 Å². The highest BCUT2D eigenvalue weighted by atomic mass is 16.5. The van der Waals surface area contributed by atoms with Gasteiger partial charge in [0.1, 0.15) is 0 Å². The maximum Gasteiger partial charge on any atom is 0.0790 e. The molecule has 126 valence electrons. The van der Waals surface area contributed by atoms with Gasteiger partial charge in [-0.3, -0.25) is 0 Å². The van der Waals surface area contributed by atoms with Gasteiger partial charge in [0.25, 0.3) is 0 Å². The molecule has 1 N–H and O–H groups in total. The van der Waals surface area contributed by atoms with Crippen LogP contribution < -0.4 is 5.32 Å². The molecule has 3 nitrogen and oxygen atoms in total. The minimum Gasteiger partial charge on any atom is -0.368 e. The number of nitrogens with zero attached hydrogens (tertiary/aromatic N) is 1. The maximum absolute atomic E-state index is 6.41. The van der Waals surface area contributed by atoms with Crippen LogP contribution in [0.15, 0.2) is 0 Å². The quantitative estimate of drug-likeness (QED) is 0.740. The first-order chi connectivity index (χ1) is 9.65. The molecule has 1 heterocycles. The Morgan fingerprint density at radius 3 is 2.24 bits per heavy atom. The second-order valence-electron chi connectivity index (χ2n) is 7.92. The van der Waals surface area contributed by atoms with Crippen LogP contribution in [-0.2, 0) is 4.74 Å². The molecule has 1 aliphatic rings. The van der Waals surface area contributed by atoms with Gasteiger partial charge in [-0.25, -0.2) is 0 Å². The van der Waals surface area contributed by atoms with Gasteiger partial charge in [-0.05, 0) is 61.1 Å². The van der Waals surface area contributed by atoms with Crippen molar-refractivity contribution in [1.82, 2.24) is 10.2 Å². The number of hydrogen-bond acceptors (Lipinski definition) is 3. The van der Waals surface area contributed by atoms with Crippen molar-refractivity contribution in [3.63, 3.8) is 0 Å². The molecule has 3 unspecified atom stereocenters. The summed E-state index contributed by atoms with van der Waals surface area (Å²) >= 11 is 0. The molecule has 0 radical (unpaired) electrons. The topological polar surface area (TPSA) is 24.5 Å². The minimum atomic E-state index is -0.0990. The lowest BCUT2D eigenvalue weighted by molar-refractivity contribution is -0.0797. The van der Waals surface area contributed by atoms with Crippen molar-refractivity contribution in [2.75, 3.05) is 20.1 Å². The standard InChI is InChI=1S/C18H38N2O/c1-9-11-14(3)20(8)13-15-16(19-12-10-2)18(6,7)21-17(15,4)5/h14-16,19H,9-13H2,1-8H3. The second-order valence-corrected chi connectivity index (χ2v) is 7.92. The normalized spacial score (nSPS) is 29.0. The van der Waals surface area contributed by atoms with Crippen LogP contribution in [-0.4, -0.2) is 48.3 Å². The van der Waals surface area contributed by atoms with Crippen molar-refractivity contribution in [2.45, 2.75) is 91.0 Å². The van der Waals surface area contributed by atoms with Crippen LogP contribution in [0.3, 0.4) is 0 Å². The molecule has 0 spiro atoms. The zero-order valence-corrected chi connectivity index (χ0v) is 15.6. The van der Waals surface area contributed by atoms with Gasteiger partial charge in [0.2, 0.25) is 0 Å². The Balaban J connectivity index is 2.83. The van der Waals surface area contributed by atoms with Crippen molar-refractivity contribution in [3.8, 4) is 0 Å². The van der Waals surface area contributed by atoms with E-state index < -0.39 is 0 Å². The fourth-order valence-corrected chi connectivity index (χ4v) is 3.84. The zero-order chi connectivity index (χ0) is 16.3. The monoisotopic (exact) mass is 298 g/mol. The van der Waals surface area contributed by atoms with E-state index in [9.17, 15) is 0 Å². The molecule has 0 aromatic rings. The van der Waals surface area contributed by atoms with Crippen molar-refractivity contribution in [1.29, 1.82) is 0 Å². The lowest BCUT2D eigenvalue weighted by Crippen LogP contribution is -2.51. The molecule has 1 aliphatic heterocycles. The van der Waals surface area contributed by atoms with Gasteiger partial charge in [-0.2, -0.15) is 0 Å². The summed E-state index contributed by atoms with van der Waals surface area (Å²) in [6.45, 7) is 18.0. The second kappa shape index (κ2) is 7.43. The zero-order valence-electron chi connectivity index (χ0n) is 15.6. The first kappa shape index (κ1) is 18.9. The minimum absolute atomic E-state index is 0.0743. The Kier molecular flexibility index (Phi) is 6.70. The SMILES string of the molecule is CCCNC1C(CN(C)C(C)CCC)C(C)(C)OC1(C)C. The van der Waals surface area contributed by atoms with Crippen LogP contribution in [0, 0.1) is 5.92 Å². The van der Waals surface area contributed by atoms with Crippen LogP contribution in [0.1, 0.15) is 67.7 Å². The average molecular weight is 299 g/mol. The summed E-state index contributed by atoms with van der Waals surface area (Å²) in [6.07, 6.45) is 3.68. The Labute approximate surface area is 132 Å². The summed E-state index contributed by atoms with van der Waals surface area (Å²) in [5.74, 6) is 0.517. The van der Waals surface area contributed by atoms with Crippen molar-refractivity contribution in [2.24, 2.45) is 5.92 Å². The van der Waals surface area contributed by atoms with E-state index in [-0.39, 0.29) is 11.2 Å². The molecule has 0 saturated carbocycles. The first-order valence-corrected chi connectivity index (χ1v) is 8.79. The van der Waals surface area contributed by atoms with Gasteiger partial charge in [0.05, 0.1) is 11.2 Å². The smallest absolute Gasteiger partial charge is 0.0790 e. The average Bonchev–Trinajstić information content (AvgIpc) is 2.52. The van der Waals surface area contributed by atoms with E-state index in [1.807, 2.05) is 0 Å². The molecule has 1 fully saturated rings. The van der Waals surface area contributed by atoms with Gasteiger partial charge in [-0.1, -0.05) is 20.3 Å². The highest BCUT2D eigenvalue weighted by molar-refractivity contribution is 5.06. The van der Waals surface area contributed by atoms with E-state index in [0.717, 1.165) is 13.1 Å². The molecule has 3 atom stereocenters. The molecule has 0 aromatic heterocycles. The molecule has 3 heteroatoms. The Morgan fingerprint density at radius 2 is 1.71 bits per heavy atom. The van der Waals surface area contributed by atoms with Gasteiger partial charge in [0.15, 0.2) is 0 Å². The number of nitrogens with one attached hydrogen (secondary N) is 1. The number of rotatable bonds is 8. The summed E-state index contributed by atoms with van der Waals surface area (Å²) in [5.41, 5.74) is -0.173. The van der Waals surface area contributed by atoms with Crippen LogP contribution in [0.5, 0.6) is 0 Å². The van der Waals surface area contributed by atoms with E-state index in [1.54, 1.807) is 0 Å². The summed E-state index contributed by atoms with van der Waals surface area (Å²) in [7, 11) is 2.26. The fraction of sp³-hybridized carbons (Fsp3) is 1.00. The molecular weight excluding hydrogens is 260 g/mol. The van der Waals surface area contributed by atoms with E-state index >= 15 is 0 Å². The van der Waals surface area contributed by atoms with E-state index in [0.29, 0.717) is 18.0 Å². The van der Waals surface area contributed by atoms with Crippen LogP contribution in [0.4, 0.5) is 0 Å². The van der Waals surface area contributed by atoms with Crippen molar-refractivity contribution < 1.29 is 4.74 Å². The molecule has 0 aromatic carbocycles. The van der Waals surface area contributed by atoms with Crippen molar-refractivity contribution in [3.05, 3.63) is 0 Å².